The second-order valence-electron chi connectivity index (χ2n) is 23.8. The first-order valence-corrected chi connectivity index (χ1v) is 29.5. The predicted octanol–water partition coefficient (Wildman–Crippen LogP) is 12.6. The van der Waals surface area contributed by atoms with Gasteiger partial charge in [0.2, 0.25) is 0 Å². The first-order chi connectivity index (χ1) is 32.1. The summed E-state index contributed by atoms with van der Waals surface area (Å²) in [5.74, 6) is 5.00. The number of phenolic OH excluding ortho intramolecular Hbond substituents is 1. The molecule has 10 heteroatoms. The number of phenols is 1. The Kier molecular flexibility index (Phi) is 13.9. The van der Waals surface area contributed by atoms with E-state index in [-0.39, 0.29) is 10.8 Å². The van der Waals surface area contributed by atoms with Crippen molar-refractivity contribution < 1.29 is 27.9 Å². The summed E-state index contributed by atoms with van der Waals surface area (Å²) in [5, 5.41) is 39.2. The van der Waals surface area contributed by atoms with Crippen LogP contribution in [0, 0.1) is 35.5 Å². The summed E-state index contributed by atoms with van der Waals surface area (Å²) in [6.07, 6.45) is 18.2. The van der Waals surface area contributed by atoms with E-state index in [4.69, 9.17) is 9.32 Å². The van der Waals surface area contributed by atoms with E-state index >= 15 is 0 Å². The van der Waals surface area contributed by atoms with Gasteiger partial charge in [0, 0.05) is 17.7 Å². The van der Waals surface area contributed by atoms with Crippen LogP contribution in [-0.2, 0) is 46.8 Å². The minimum atomic E-state index is -4.06. The zero-order chi connectivity index (χ0) is 48.6. The number of thioether (sulfide) groups is 2. The number of aromatic hydroxyl groups is 1. The molecule has 4 fully saturated rings. The Balaban J connectivity index is 0.000000171. The van der Waals surface area contributed by atoms with Crippen molar-refractivity contribution in [3.05, 3.63) is 117 Å². The Morgan fingerprint density at radius 2 is 1.03 bits per heavy atom. The summed E-state index contributed by atoms with van der Waals surface area (Å²) >= 11 is 3.13. The fraction of sp³-hybridized carbons (Fsp3) is 0.586. The van der Waals surface area contributed by atoms with Gasteiger partial charge in [-0.3, -0.25) is 0 Å². The second kappa shape index (κ2) is 18.9. The lowest BCUT2D eigenvalue weighted by Crippen LogP contribution is -2.43. The molecule has 5 N–H and O–H groups in total. The van der Waals surface area contributed by atoms with Crippen molar-refractivity contribution in [2.45, 2.75) is 175 Å². The van der Waals surface area contributed by atoms with Crippen LogP contribution in [0.4, 0.5) is 0 Å². The first kappa shape index (κ1) is 50.0. The van der Waals surface area contributed by atoms with Gasteiger partial charge in [-0.25, -0.2) is 0 Å². The van der Waals surface area contributed by atoms with E-state index in [2.05, 4.69) is 102 Å². The minimum absolute atomic E-state index is 0.130. The molecule has 6 aliphatic carbocycles. The van der Waals surface area contributed by atoms with Crippen LogP contribution in [0.15, 0.2) is 82.6 Å². The van der Waals surface area contributed by atoms with Crippen molar-refractivity contribution in [3.63, 3.8) is 0 Å². The molecule has 0 saturated heterocycles. The molecule has 0 spiro atoms. The second-order valence-corrected chi connectivity index (χ2v) is 26.7. The molecule has 0 bridgehead atoms. The van der Waals surface area contributed by atoms with Gasteiger partial charge in [-0.2, -0.15) is 13.6 Å². The molecule has 0 heterocycles. The highest BCUT2D eigenvalue weighted by atomic mass is 32.2. The average molecular weight is 980 g/mol. The van der Waals surface area contributed by atoms with Crippen LogP contribution in [0.5, 0.6) is 11.5 Å². The van der Waals surface area contributed by atoms with E-state index in [1.807, 2.05) is 24.6 Å². The maximum Gasteiger partial charge on any atom is 0.380 e. The van der Waals surface area contributed by atoms with Crippen LogP contribution < -0.4 is 9.32 Å². The molecule has 4 saturated carbocycles. The van der Waals surface area contributed by atoms with E-state index in [0.29, 0.717) is 58.8 Å². The van der Waals surface area contributed by atoms with E-state index in [1.165, 1.54) is 69.1 Å². The fourth-order valence-corrected chi connectivity index (χ4v) is 16.2. The highest BCUT2D eigenvalue weighted by molar-refractivity contribution is 7.99. The van der Waals surface area contributed by atoms with E-state index < -0.39 is 21.5 Å². The molecule has 0 radical (unpaired) electrons. The molecule has 7 nitrogen and oxygen atoms in total. The number of hydrogen-bond donors (Lipinski definition) is 4. The van der Waals surface area contributed by atoms with Gasteiger partial charge in [-0.15, -0.1) is 23.5 Å². The smallest absolute Gasteiger partial charge is 0.380 e. The monoisotopic (exact) mass is 979 g/mol. The Hall–Kier alpha value is -2.99. The number of benzene rings is 4. The number of fused-ring (bicyclic) bond motifs is 10. The van der Waals surface area contributed by atoms with E-state index in [9.17, 15) is 23.7 Å². The summed E-state index contributed by atoms with van der Waals surface area (Å²) in [5.41, 5.74) is 9.65. The fourth-order valence-electron chi connectivity index (χ4n) is 14.7. The van der Waals surface area contributed by atoms with Crippen LogP contribution in [0.3, 0.4) is 0 Å². The van der Waals surface area contributed by atoms with E-state index in [0.717, 1.165) is 86.8 Å². The first-order valence-electron chi connectivity index (χ1n) is 25.5. The number of nitrogens with two attached hydrogens (primary N) is 1. The molecular weight excluding hydrogens is 903 g/mol. The van der Waals surface area contributed by atoms with Crippen LogP contribution in [0.25, 0.3) is 0 Å². The van der Waals surface area contributed by atoms with Crippen LogP contribution in [0.2, 0.25) is 0 Å². The normalized spacial score (nSPS) is 30.7. The quantitative estimate of drug-likeness (QED) is 0.128. The summed E-state index contributed by atoms with van der Waals surface area (Å²) in [6, 6.07) is 26.1. The third-order valence-electron chi connectivity index (χ3n) is 18.0. The lowest BCUT2D eigenvalue weighted by atomic mass is 9.59. The van der Waals surface area contributed by atoms with Crippen molar-refractivity contribution in [1.29, 1.82) is 0 Å². The molecule has 0 aliphatic heterocycles. The van der Waals surface area contributed by atoms with Crippen molar-refractivity contribution in [2.75, 3.05) is 12.5 Å². The number of hydrogen-bond acceptors (Lipinski definition) is 8. The lowest BCUT2D eigenvalue weighted by molar-refractivity contribution is -0.0351. The van der Waals surface area contributed by atoms with Gasteiger partial charge in [0.05, 0.1) is 16.1 Å². The molecule has 0 amide bonds. The largest absolute Gasteiger partial charge is 0.507 e. The summed E-state index contributed by atoms with van der Waals surface area (Å²) in [4.78, 5) is 1.82. The lowest BCUT2D eigenvalue weighted by Gasteiger charge is -2.47. The molecule has 368 valence electrons. The SMILES string of the molecule is CSc1cc2c(cc1O)CCC1C2CCC2C1CC[C@@]2(O)Cc1ccc(C(C)(C)C)cc1.CSc1cc2c(cc1OS(N)(=O)=O)CCC1C2CCC2C1CC[C@@]2(O)Cc1ccc(C(C)(C)C)cc1. The third kappa shape index (κ3) is 9.95. The van der Waals surface area contributed by atoms with Crippen LogP contribution >= 0.6 is 23.5 Å². The summed E-state index contributed by atoms with van der Waals surface area (Å²) in [7, 11) is -4.06. The minimum Gasteiger partial charge on any atom is -0.507 e. The Morgan fingerprint density at radius 3 is 1.44 bits per heavy atom. The zero-order valence-corrected chi connectivity index (χ0v) is 44.3. The third-order valence-corrected chi connectivity index (χ3v) is 19.9. The molecule has 0 aromatic heterocycles. The maximum atomic E-state index is 11.9. The van der Waals surface area contributed by atoms with Crippen molar-refractivity contribution in [1.82, 2.24) is 0 Å². The number of rotatable bonds is 8. The molecule has 10 atom stereocenters. The molecule has 6 aliphatic rings. The molecule has 8 unspecified atom stereocenters. The highest BCUT2D eigenvalue weighted by Gasteiger charge is 2.55. The van der Waals surface area contributed by atoms with Crippen LogP contribution in [-0.4, -0.2) is 47.5 Å². The molecule has 10 rings (SSSR count). The number of aliphatic hydroxyl groups is 2. The van der Waals surface area contributed by atoms with Gasteiger partial charge in [0.25, 0.3) is 0 Å². The molecule has 68 heavy (non-hydrogen) atoms. The predicted molar refractivity (Wildman–Crippen MR) is 279 cm³/mol. The van der Waals surface area contributed by atoms with Crippen LogP contribution in [0.1, 0.15) is 162 Å². The van der Waals surface area contributed by atoms with E-state index in [1.54, 1.807) is 11.8 Å². The van der Waals surface area contributed by atoms with Gasteiger partial charge in [0.15, 0.2) is 5.75 Å². The Morgan fingerprint density at radius 1 is 0.603 bits per heavy atom. The number of aryl methyl sites for hydroxylation is 2. The molecule has 4 aromatic rings. The highest BCUT2D eigenvalue weighted by Crippen LogP contribution is 2.61. The average Bonchev–Trinajstić information content (AvgIpc) is 3.80. The van der Waals surface area contributed by atoms with Gasteiger partial charge < -0.3 is 19.5 Å². The van der Waals surface area contributed by atoms with Gasteiger partial charge in [0.1, 0.15) is 5.75 Å². The molecular formula is C58H77NO6S3. The summed E-state index contributed by atoms with van der Waals surface area (Å²) in [6.45, 7) is 13.4. The van der Waals surface area contributed by atoms with Gasteiger partial charge in [-0.1, -0.05) is 90.1 Å². The van der Waals surface area contributed by atoms with Gasteiger partial charge >= 0.3 is 10.3 Å². The topological polar surface area (TPSA) is 130 Å². The maximum absolute atomic E-state index is 11.9. The standard InChI is InChI=1S/C29H39NO4S2.C29H38O2S/c1-28(2,3)20-8-5-18(6-9-20)17-29(31)14-13-23-21-10-7-19-15-26(34-36(30,32)33)27(35-4)16-24(19)22(21)11-12-25(23)29;1-28(2,3)20-8-5-18(6-9-20)17-29(31)14-13-23-21-10-7-19-15-26(30)27(32-4)16-24(19)22(21)11-12-25(23)29/h5-6,8-9,15-16,21-23,25,31H,7,10-14,17H2,1-4H3,(H2,30,32,33);5-6,8-9,15-16,21-23,25,30-31H,7,10-14,17H2,1-4H3/t2*21?,22?,23?,25?,29-/m11/s1. The van der Waals surface area contributed by atoms with Gasteiger partial charge in [-0.05, 0) is 217 Å². The Labute approximate surface area is 416 Å². The van der Waals surface area contributed by atoms with Crippen molar-refractivity contribution in [3.8, 4) is 11.5 Å². The van der Waals surface area contributed by atoms with Crippen molar-refractivity contribution in [2.24, 2.45) is 40.6 Å². The summed E-state index contributed by atoms with van der Waals surface area (Å²) < 4.78 is 28.2. The zero-order valence-electron chi connectivity index (χ0n) is 41.8. The molecule has 4 aromatic carbocycles. The Bertz CT molecular complexity index is 2580. The van der Waals surface area contributed by atoms with Crippen molar-refractivity contribution >= 4 is 33.8 Å².